The number of ether oxygens (including phenoxy) is 1. The van der Waals surface area contributed by atoms with Gasteiger partial charge in [-0.25, -0.2) is 4.79 Å². The number of carbonyl (C=O) groups is 1. The third-order valence-corrected chi connectivity index (χ3v) is 2.93. The highest BCUT2D eigenvalue weighted by Crippen LogP contribution is 2.13. The van der Waals surface area contributed by atoms with Crippen molar-refractivity contribution in [1.82, 2.24) is 10.2 Å². The first kappa shape index (κ1) is 17.0. The molecule has 1 heterocycles. The first-order valence-electron chi connectivity index (χ1n) is 7.14. The number of benzene rings is 1. The Morgan fingerprint density at radius 1 is 1.09 bits per heavy atom. The molecule has 0 atom stereocenters. The lowest BCUT2D eigenvalue weighted by atomic mass is 10.2. The van der Waals surface area contributed by atoms with Crippen LogP contribution in [0.25, 0.3) is 0 Å². The molecule has 23 heavy (non-hydrogen) atoms. The fourth-order valence-corrected chi connectivity index (χ4v) is 1.82. The number of nitrogens with one attached hydrogen (secondary N) is 2. The predicted molar refractivity (Wildman–Crippen MR) is 90.7 cm³/mol. The Kier molecular flexibility index (Phi) is 5.39. The second-order valence-corrected chi connectivity index (χ2v) is 6.35. The van der Waals surface area contributed by atoms with Crippen LogP contribution in [0.2, 0.25) is 5.02 Å². The summed E-state index contributed by atoms with van der Waals surface area (Å²) in [5, 5.41) is 14.3. The molecule has 7 heteroatoms. The summed E-state index contributed by atoms with van der Waals surface area (Å²) in [5.74, 6) is 0.936. The molecule has 6 nitrogen and oxygen atoms in total. The molecule has 0 saturated carbocycles. The van der Waals surface area contributed by atoms with Gasteiger partial charge in [0.1, 0.15) is 11.4 Å². The normalized spacial score (nSPS) is 11.0. The van der Waals surface area contributed by atoms with E-state index in [1.54, 1.807) is 32.9 Å². The monoisotopic (exact) mass is 334 g/mol. The second-order valence-electron chi connectivity index (χ2n) is 5.91. The molecule has 0 unspecified atom stereocenters. The fraction of sp³-hybridized carbons (Fsp3) is 0.312. The largest absolute Gasteiger partial charge is 0.444 e. The van der Waals surface area contributed by atoms with Crippen molar-refractivity contribution in [2.75, 3.05) is 10.6 Å². The SMILES string of the molecule is CC(C)(C)OC(=O)Nc1ccc(NCc2ccc(Cl)cc2)nn1. The van der Waals surface area contributed by atoms with E-state index in [9.17, 15) is 4.79 Å². The molecule has 0 fully saturated rings. The van der Waals surface area contributed by atoms with Gasteiger partial charge < -0.3 is 10.1 Å². The fourth-order valence-electron chi connectivity index (χ4n) is 1.70. The summed E-state index contributed by atoms with van der Waals surface area (Å²) in [5.41, 5.74) is 0.518. The molecular formula is C16H19ClN4O2. The van der Waals surface area contributed by atoms with Crippen LogP contribution in [0.1, 0.15) is 26.3 Å². The molecule has 2 aromatic rings. The van der Waals surface area contributed by atoms with E-state index >= 15 is 0 Å². The third-order valence-electron chi connectivity index (χ3n) is 2.68. The Bertz CT molecular complexity index is 651. The number of nitrogens with zero attached hydrogens (tertiary/aromatic N) is 2. The summed E-state index contributed by atoms with van der Waals surface area (Å²) in [6.45, 7) is 5.98. The van der Waals surface area contributed by atoms with Gasteiger partial charge in [0, 0.05) is 11.6 Å². The highest BCUT2D eigenvalue weighted by atomic mass is 35.5. The number of anilines is 2. The van der Waals surface area contributed by atoms with Gasteiger partial charge in [-0.15, -0.1) is 10.2 Å². The number of hydrogen-bond donors (Lipinski definition) is 2. The Labute approximate surface area is 140 Å². The highest BCUT2D eigenvalue weighted by Gasteiger charge is 2.16. The molecule has 2 N–H and O–H groups in total. The Morgan fingerprint density at radius 3 is 2.26 bits per heavy atom. The van der Waals surface area contributed by atoms with Crippen LogP contribution in [0.3, 0.4) is 0 Å². The maximum Gasteiger partial charge on any atom is 0.413 e. The molecule has 122 valence electrons. The van der Waals surface area contributed by atoms with Gasteiger partial charge in [0.15, 0.2) is 5.82 Å². The van der Waals surface area contributed by atoms with Crippen molar-refractivity contribution in [3.8, 4) is 0 Å². The van der Waals surface area contributed by atoms with E-state index in [0.717, 1.165) is 5.56 Å². The number of rotatable bonds is 4. The van der Waals surface area contributed by atoms with Crippen molar-refractivity contribution in [2.24, 2.45) is 0 Å². The van der Waals surface area contributed by atoms with E-state index in [4.69, 9.17) is 16.3 Å². The van der Waals surface area contributed by atoms with Gasteiger partial charge >= 0.3 is 6.09 Å². The molecule has 2 rings (SSSR count). The van der Waals surface area contributed by atoms with Crippen LogP contribution in [0.4, 0.5) is 16.4 Å². The van der Waals surface area contributed by atoms with Crippen LogP contribution in [-0.4, -0.2) is 21.9 Å². The van der Waals surface area contributed by atoms with Crippen LogP contribution < -0.4 is 10.6 Å². The molecule has 0 aliphatic rings. The van der Waals surface area contributed by atoms with E-state index in [1.165, 1.54) is 0 Å². The van der Waals surface area contributed by atoms with Crippen molar-refractivity contribution in [2.45, 2.75) is 32.9 Å². The lowest BCUT2D eigenvalue weighted by molar-refractivity contribution is 0.0635. The molecule has 0 aliphatic carbocycles. The summed E-state index contributed by atoms with van der Waals surface area (Å²) >= 11 is 5.84. The Balaban J connectivity index is 1.87. The number of carbonyl (C=O) groups excluding carboxylic acids is 1. The molecular weight excluding hydrogens is 316 g/mol. The van der Waals surface area contributed by atoms with Crippen molar-refractivity contribution in [1.29, 1.82) is 0 Å². The van der Waals surface area contributed by atoms with Gasteiger partial charge in [0.2, 0.25) is 0 Å². The average Bonchev–Trinajstić information content (AvgIpc) is 2.46. The third kappa shape index (κ3) is 6.12. The minimum absolute atomic E-state index is 0.330. The summed E-state index contributed by atoms with van der Waals surface area (Å²) < 4.78 is 5.14. The molecule has 0 bridgehead atoms. The van der Waals surface area contributed by atoms with Gasteiger partial charge in [0.05, 0.1) is 0 Å². The van der Waals surface area contributed by atoms with Crippen LogP contribution in [0, 0.1) is 0 Å². The number of hydrogen-bond acceptors (Lipinski definition) is 5. The van der Waals surface area contributed by atoms with E-state index in [1.807, 2.05) is 24.3 Å². The molecule has 0 aliphatic heterocycles. The van der Waals surface area contributed by atoms with E-state index in [2.05, 4.69) is 20.8 Å². The van der Waals surface area contributed by atoms with Gasteiger partial charge in [-0.2, -0.15) is 0 Å². The Morgan fingerprint density at radius 2 is 1.70 bits per heavy atom. The molecule has 0 radical (unpaired) electrons. The Hall–Kier alpha value is -2.34. The molecule has 0 spiro atoms. The van der Waals surface area contributed by atoms with Gasteiger partial charge in [-0.1, -0.05) is 23.7 Å². The smallest absolute Gasteiger partial charge is 0.413 e. The molecule has 1 aromatic heterocycles. The molecule has 1 amide bonds. The molecule has 0 saturated heterocycles. The van der Waals surface area contributed by atoms with Crippen molar-refractivity contribution >= 4 is 29.3 Å². The van der Waals surface area contributed by atoms with Gasteiger partial charge in [-0.05, 0) is 50.6 Å². The lowest BCUT2D eigenvalue weighted by Crippen LogP contribution is -2.27. The summed E-state index contributed by atoms with van der Waals surface area (Å²) in [6, 6.07) is 10.9. The highest BCUT2D eigenvalue weighted by molar-refractivity contribution is 6.30. The maximum atomic E-state index is 11.6. The molecule has 1 aromatic carbocycles. The van der Waals surface area contributed by atoms with E-state index in [-0.39, 0.29) is 0 Å². The van der Waals surface area contributed by atoms with Crippen LogP contribution in [0.15, 0.2) is 36.4 Å². The van der Waals surface area contributed by atoms with Crippen molar-refractivity contribution < 1.29 is 9.53 Å². The average molecular weight is 335 g/mol. The van der Waals surface area contributed by atoms with Crippen LogP contribution in [-0.2, 0) is 11.3 Å². The zero-order valence-electron chi connectivity index (χ0n) is 13.3. The summed E-state index contributed by atoms with van der Waals surface area (Å²) in [6.07, 6.45) is -0.561. The summed E-state index contributed by atoms with van der Waals surface area (Å²) in [7, 11) is 0. The van der Waals surface area contributed by atoms with E-state index in [0.29, 0.717) is 23.2 Å². The quantitative estimate of drug-likeness (QED) is 0.880. The predicted octanol–water partition coefficient (Wildman–Crippen LogP) is 4.09. The van der Waals surface area contributed by atoms with Crippen molar-refractivity contribution in [3.63, 3.8) is 0 Å². The minimum atomic E-state index is -0.561. The lowest BCUT2D eigenvalue weighted by Gasteiger charge is -2.19. The zero-order valence-corrected chi connectivity index (χ0v) is 14.0. The second kappa shape index (κ2) is 7.28. The standard InChI is InChI=1S/C16H19ClN4O2/c1-16(2,3)23-15(22)19-14-9-8-13(20-21-14)18-10-11-4-6-12(17)7-5-11/h4-9H,10H2,1-3H3,(H,18,20)(H,19,21,22). The van der Waals surface area contributed by atoms with Gasteiger partial charge in [-0.3, -0.25) is 5.32 Å². The number of halogens is 1. The number of aromatic nitrogens is 2. The zero-order chi connectivity index (χ0) is 16.9. The number of amides is 1. The first-order valence-corrected chi connectivity index (χ1v) is 7.52. The topological polar surface area (TPSA) is 76.1 Å². The van der Waals surface area contributed by atoms with Crippen LogP contribution >= 0.6 is 11.6 Å². The summed E-state index contributed by atoms with van der Waals surface area (Å²) in [4.78, 5) is 11.6. The minimum Gasteiger partial charge on any atom is -0.444 e. The van der Waals surface area contributed by atoms with Crippen LogP contribution in [0.5, 0.6) is 0 Å². The van der Waals surface area contributed by atoms with Crippen molar-refractivity contribution in [3.05, 3.63) is 47.0 Å². The first-order chi connectivity index (χ1) is 10.8. The van der Waals surface area contributed by atoms with E-state index < -0.39 is 11.7 Å². The maximum absolute atomic E-state index is 11.6. The van der Waals surface area contributed by atoms with Gasteiger partial charge in [0.25, 0.3) is 0 Å².